The average Bonchev–Trinajstić information content (AvgIpc) is 3.24. The molecule has 0 saturated carbocycles. The summed E-state index contributed by atoms with van der Waals surface area (Å²) >= 11 is 2.75. The van der Waals surface area contributed by atoms with E-state index in [4.69, 9.17) is 4.74 Å². The number of thiophene rings is 2. The molecule has 0 radical (unpaired) electrons. The van der Waals surface area contributed by atoms with E-state index in [1.54, 1.807) is 31.3 Å². The van der Waals surface area contributed by atoms with E-state index in [0.29, 0.717) is 21.9 Å². The van der Waals surface area contributed by atoms with Crippen molar-refractivity contribution in [3.05, 3.63) is 43.6 Å². The summed E-state index contributed by atoms with van der Waals surface area (Å²) in [6.45, 7) is 3.71. The van der Waals surface area contributed by atoms with Gasteiger partial charge in [-0.05, 0) is 56.7 Å². The first-order valence-electron chi connectivity index (χ1n) is 9.55. The molecule has 0 spiro atoms. The molecule has 0 aliphatic heterocycles. The number of aryl methyl sites for hydroxylation is 3. The first-order chi connectivity index (χ1) is 14.0. The number of rotatable bonds is 5. The van der Waals surface area contributed by atoms with Gasteiger partial charge in [0.1, 0.15) is 16.3 Å². The molecular weight excluding hydrogens is 410 g/mol. The van der Waals surface area contributed by atoms with E-state index in [1.165, 1.54) is 27.1 Å². The number of nitrogens with zero attached hydrogens (tertiary/aromatic N) is 2. The monoisotopic (exact) mass is 431 g/mol. The molecule has 7 nitrogen and oxygen atoms in total. The summed E-state index contributed by atoms with van der Waals surface area (Å²) in [6, 6.07) is 1.73. The van der Waals surface area contributed by atoms with E-state index in [2.05, 4.69) is 10.3 Å². The highest BCUT2D eigenvalue weighted by atomic mass is 32.1. The number of hydrogen-bond donors (Lipinski definition) is 1. The molecule has 0 aromatic carbocycles. The number of fused-ring (bicyclic) bond motifs is 3. The molecule has 29 heavy (non-hydrogen) atoms. The summed E-state index contributed by atoms with van der Waals surface area (Å²) in [6.07, 6.45) is 5.55. The van der Waals surface area contributed by atoms with Crippen molar-refractivity contribution in [3.8, 4) is 0 Å². The lowest BCUT2D eigenvalue weighted by Crippen LogP contribution is -2.28. The van der Waals surface area contributed by atoms with Crippen molar-refractivity contribution in [3.63, 3.8) is 0 Å². The van der Waals surface area contributed by atoms with E-state index < -0.39 is 5.97 Å². The largest absolute Gasteiger partial charge is 0.462 e. The number of aromatic nitrogens is 2. The lowest BCUT2D eigenvalue weighted by Gasteiger charge is -2.10. The highest BCUT2D eigenvalue weighted by molar-refractivity contribution is 7.19. The zero-order chi connectivity index (χ0) is 20.5. The molecule has 3 heterocycles. The minimum Gasteiger partial charge on any atom is -0.462 e. The minimum absolute atomic E-state index is 0.127. The van der Waals surface area contributed by atoms with Gasteiger partial charge < -0.3 is 10.1 Å². The fraction of sp³-hybridized carbons (Fsp3) is 0.400. The predicted octanol–water partition coefficient (Wildman–Crippen LogP) is 3.52. The third-order valence-electron chi connectivity index (χ3n) is 4.90. The molecule has 0 saturated heterocycles. The third-order valence-corrected chi connectivity index (χ3v) is 7.23. The highest BCUT2D eigenvalue weighted by Crippen LogP contribution is 2.33. The van der Waals surface area contributed by atoms with Gasteiger partial charge in [0.05, 0.1) is 23.3 Å². The smallest absolute Gasteiger partial charge is 0.348 e. The van der Waals surface area contributed by atoms with Gasteiger partial charge in [-0.3, -0.25) is 14.2 Å². The number of carbonyl (C=O) groups is 2. The summed E-state index contributed by atoms with van der Waals surface area (Å²) < 4.78 is 6.38. The lowest BCUT2D eigenvalue weighted by atomic mass is 9.97. The van der Waals surface area contributed by atoms with Gasteiger partial charge in [-0.2, -0.15) is 0 Å². The Morgan fingerprint density at radius 3 is 2.86 bits per heavy atom. The van der Waals surface area contributed by atoms with Crippen molar-refractivity contribution in [2.45, 2.75) is 46.1 Å². The molecule has 0 fully saturated rings. The van der Waals surface area contributed by atoms with Gasteiger partial charge in [0.15, 0.2) is 0 Å². The van der Waals surface area contributed by atoms with Crippen LogP contribution in [0.5, 0.6) is 0 Å². The molecular formula is C20H21N3O4S2. The van der Waals surface area contributed by atoms with Crippen molar-refractivity contribution >= 4 is 49.8 Å². The van der Waals surface area contributed by atoms with Gasteiger partial charge in [0, 0.05) is 4.88 Å². The molecule has 0 atom stereocenters. The van der Waals surface area contributed by atoms with Gasteiger partial charge >= 0.3 is 5.97 Å². The Morgan fingerprint density at radius 1 is 1.28 bits per heavy atom. The van der Waals surface area contributed by atoms with Crippen LogP contribution in [0.3, 0.4) is 0 Å². The molecule has 152 valence electrons. The van der Waals surface area contributed by atoms with Gasteiger partial charge in [0.2, 0.25) is 5.91 Å². The Bertz CT molecular complexity index is 1160. The Morgan fingerprint density at radius 2 is 2.07 bits per heavy atom. The fourth-order valence-corrected chi connectivity index (χ4v) is 5.77. The molecule has 1 aliphatic carbocycles. The van der Waals surface area contributed by atoms with E-state index in [1.807, 2.05) is 0 Å². The molecule has 3 aromatic heterocycles. The highest BCUT2D eigenvalue weighted by Gasteiger charge is 2.21. The number of amides is 1. The molecule has 3 aromatic rings. The molecule has 0 unspecified atom stereocenters. The van der Waals surface area contributed by atoms with Crippen LogP contribution in [0.2, 0.25) is 0 Å². The number of anilines is 1. The number of hydrogen-bond acceptors (Lipinski definition) is 7. The zero-order valence-electron chi connectivity index (χ0n) is 16.2. The zero-order valence-corrected chi connectivity index (χ0v) is 17.9. The fourth-order valence-electron chi connectivity index (χ4n) is 3.57. The normalized spacial score (nSPS) is 13.3. The van der Waals surface area contributed by atoms with Crippen LogP contribution >= 0.6 is 22.7 Å². The van der Waals surface area contributed by atoms with Crippen molar-refractivity contribution in [2.24, 2.45) is 0 Å². The second-order valence-electron chi connectivity index (χ2n) is 6.96. The average molecular weight is 432 g/mol. The van der Waals surface area contributed by atoms with Crippen LogP contribution in [0.4, 0.5) is 5.00 Å². The van der Waals surface area contributed by atoms with Gasteiger partial charge in [0.25, 0.3) is 5.56 Å². The second kappa shape index (κ2) is 8.08. The first kappa shape index (κ1) is 19.8. The van der Waals surface area contributed by atoms with E-state index in [0.717, 1.165) is 41.6 Å². The second-order valence-corrected chi connectivity index (χ2v) is 9.10. The maximum absolute atomic E-state index is 13.0. The van der Waals surface area contributed by atoms with Crippen LogP contribution in [0.15, 0.2) is 17.2 Å². The van der Waals surface area contributed by atoms with Crippen molar-refractivity contribution in [1.82, 2.24) is 9.55 Å². The van der Waals surface area contributed by atoms with Crippen molar-refractivity contribution in [1.29, 1.82) is 0 Å². The number of carbonyl (C=O) groups excluding carboxylic acids is 2. The Labute approximate surface area is 175 Å². The molecule has 4 rings (SSSR count). The molecule has 1 N–H and O–H groups in total. The Kier molecular flexibility index (Phi) is 5.51. The quantitative estimate of drug-likeness (QED) is 0.624. The minimum atomic E-state index is -0.399. The van der Waals surface area contributed by atoms with E-state index in [9.17, 15) is 14.4 Å². The van der Waals surface area contributed by atoms with E-state index >= 15 is 0 Å². The standard InChI is InChI=1S/C20H21N3O4S2/c1-3-27-20(26)17-11(2)8-15(29-17)22-14(24)9-23-10-21-18-16(19(23)25)12-6-4-5-7-13(12)28-18/h8,10H,3-7,9H2,1-2H3,(H,22,24). The SMILES string of the molecule is CCOC(=O)c1sc(NC(=O)Cn2cnc3sc4c(c3c2=O)CCCC4)cc1C. The third kappa shape index (κ3) is 3.84. The Hall–Kier alpha value is -2.52. The maximum atomic E-state index is 13.0. The van der Waals surface area contributed by atoms with Crippen LogP contribution in [0.25, 0.3) is 10.2 Å². The molecule has 0 bridgehead atoms. The molecule has 1 amide bonds. The van der Waals surface area contributed by atoms with Crippen LogP contribution < -0.4 is 10.9 Å². The summed E-state index contributed by atoms with van der Waals surface area (Å²) in [5.41, 5.74) is 1.68. The van der Waals surface area contributed by atoms with Crippen LogP contribution in [0.1, 0.15) is 45.4 Å². The number of ether oxygens (including phenoxy) is 1. The van der Waals surface area contributed by atoms with Gasteiger partial charge in [-0.15, -0.1) is 22.7 Å². The summed E-state index contributed by atoms with van der Waals surface area (Å²) in [5.74, 6) is -0.738. The Balaban J connectivity index is 1.54. The summed E-state index contributed by atoms with van der Waals surface area (Å²) in [4.78, 5) is 44.3. The first-order valence-corrected chi connectivity index (χ1v) is 11.2. The molecule has 1 aliphatic rings. The topological polar surface area (TPSA) is 90.3 Å². The van der Waals surface area contributed by atoms with Gasteiger partial charge in [-0.25, -0.2) is 9.78 Å². The number of esters is 1. The van der Waals surface area contributed by atoms with E-state index in [-0.39, 0.29) is 18.0 Å². The van der Waals surface area contributed by atoms with Gasteiger partial charge in [-0.1, -0.05) is 0 Å². The number of nitrogens with one attached hydrogen (secondary N) is 1. The molecule has 9 heteroatoms. The van der Waals surface area contributed by atoms with Crippen LogP contribution in [0, 0.1) is 6.92 Å². The predicted molar refractivity (Wildman–Crippen MR) is 114 cm³/mol. The van der Waals surface area contributed by atoms with Crippen molar-refractivity contribution < 1.29 is 14.3 Å². The lowest BCUT2D eigenvalue weighted by molar-refractivity contribution is -0.116. The van der Waals surface area contributed by atoms with Crippen LogP contribution in [-0.2, 0) is 28.9 Å². The van der Waals surface area contributed by atoms with Crippen molar-refractivity contribution in [2.75, 3.05) is 11.9 Å². The maximum Gasteiger partial charge on any atom is 0.348 e. The summed E-state index contributed by atoms with van der Waals surface area (Å²) in [7, 11) is 0. The summed E-state index contributed by atoms with van der Waals surface area (Å²) in [5, 5.41) is 3.98. The van der Waals surface area contributed by atoms with Crippen LogP contribution in [-0.4, -0.2) is 28.0 Å².